The molecule has 3 nitrogen and oxygen atoms in total. The summed E-state index contributed by atoms with van der Waals surface area (Å²) in [6.07, 6.45) is 0. The SMILES string of the molecule is [SeH]c1c(-c2cccc(-c3ccccc3)c2)cccc1-c1cc(-c2nc(-c3ccccc3)nc(-c3ccccc3)n2)c2ccccc2c1. The normalized spacial score (nSPS) is 11.1. The van der Waals surface area contributed by atoms with Crippen molar-refractivity contribution in [2.75, 3.05) is 0 Å². The van der Waals surface area contributed by atoms with E-state index in [0.29, 0.717) is 17.5 Å². The molecule has 1 heterocycles. The van der Waals surface area contributed by atoms with Gasteiger partial charge in [0.1, 0.15) is 0 Å². The van der Waals surface area contributed by atoms with E-state index in [1.165, 1.54) is 22.3 Å². The summed E-state index contributed by atoms with van der Waals surface area (Å²) < 4.78 is 1.16. The average molecular weight is 667 g/mol. The van der Waals surface area contributed by atoms with Crippen molar-refractivity contribution in [2.45, 2.75) is 0 Å². The van der Waals surface area contributed by atoms with Gasteiger partial charge >= 0.3 is 284 Å². The Morgan fingerprint density at radius 1 is 0.319 bits per heavy atom. The fourth-order valence-corrected chi connectivity index (χ4v) is 6.94. The first kappa shape index (κ1) is 28.8. The number of aromatic nitrogens is 3. The van der Waals surface area contributed by atoms with Crippen LogP contribution in [-0.2, 0) is 0 Å². The second kappa shape index (κ2) is 12.6. The number of nitrogens with zero attached hydrogens (tertiary/aromatic N) is 3. The minimum atomic E-state index is 0.648. The maximum absolute atomic E-state index is 5.08. The van der Waals surface area contributed by atoms with Crippen LogP contribution in [-0.4, -0.2) is 31.0 Å². The van der Waals surface area contributed by atoms with Gasteiger partial charge in [0.15, 0.2) is 0 Å². The molecule has 47 heavy (non-hydrogen) atoms. The molecule has 0 fully saturated rings. The van der Waals surface area contributed by atoms with Crippen LogP contribution in [0.1, 0.15) is 0 Å². The molecule has 222 valence electrons. The molecule has 1 aromatic heterocycles. The van der Waals surface area contributed by atoms with Crippen LogP contribution in [0.3, 0.4) is 0 Å². The monoisotopic (exact) mass is 667 g/mol. The van der Waals surface area contributed by atoms with Crippen LogP contribution in [0.25, 0.3) is 78.3 Å². The molecule has 0 radical (unpaired) electrons. The Hall–Kier alpha value is -5.67. The van der Waals surface area contributed by atoms with Gasteiger partial charge in [0.05, 0.1) is 0 Å². The molecule has 0 atom stereocenters. The van der Waals surface area contributed by atoms with Crippen LogP contribution in [0.15, 0.2) is 170 Å². The van der Waals surface area contributed by atoms with E-state index in [0.717, 1.165) is 43.1 Å². The summed E-state index contributed by atoms with van der Waals surface area (Å²) in [4.78, 5) is 15.1. The van der Waals surface area contributed by atoms with E-state index in [-0.39, 0.29) is 0 Å². The first-order chi connectivity index (χ1) is 23.2. The Morgan fingerprint density at radius 2 is 0.809 bits per heavy atom. The van der Waals surface area contributed by atoms with Crippen molar-refractivity contribution in [3.05, 3.63) is 170 Å². The molecule has 0 spiro atoms. The summed E-state index contributed by atoms with van der Waals surface area (Å²) >= 11 is 2.82. The number of fused-ring (bicyclic) bond motifs is 1. The van der Waals surface area contributed by atoms with E-state index < -0.39 is 0 Å². The molecule has 0 saturated carbocycles. The van der Waals surface area contributed by atoms with E-state index in [1.807, 2.05) is 60.7 Å². The molecular formula is C43H29N3Se. The minimum absolute atomic E-state index is 0.648. The van der Waals surface area contributed by atoms with E-state index in [1.54, 1.807) is 0 Å². The predicted octanol–water partition coefficient (Wildman–Crippen LogP) is 9.55. The fourth-order valence-electron chi connectivity index (χ4n) is 6.09. The van der Waals surface area contributed by atoms with Gasteiger partial charge in [-0.05, 0) is 0 Å². The molecule has 0 aliphatic heterocycles. The number of rotatable bonds is 6. The van der Waals surface area contributed by atoms with Crippen LogP contribution in [0, 0.1) is 0 Å². The van der Waals surface area contributed by atoms with Crippen LogP contribution in [0.4, 0.5) is 0 Å². The quantitative estimate of drug-likeness (QED) is 0.166. The molecule has 0 amide bonds. The zero-order valence-electron chi connectivity index (χ0n) is 25.5. The number of hydrogen-bond acceptors (Lipinski definition) is 3. The molecule has 4 heteroatoms. The van der Waals surface area contributed by atoms with Crippen LogP contribution < -0.4 is 4.46 Å². The van der Waals surface area contributed by atoms with Gasteiger partial charge in [-0.2, -0.15) is 0 Å². The second-order valence-electron chi connectivity index (χ2n) is 11.4. The third kappa shape index (κ3) is 5.77. The summed E-state index contributed by atoms with van der Waals surface area (Å²) in [5, 5.41) is 2.23. The Kier molecular flexibility index (Phi) is 7.72. The van der Waals surface area contributed by atoms with Crippen molar-refractivity contribution in [3.63, 3.8) is 0 Å². The van der Waals surface area contributed by atoms with E-state index in [9.17, 15) is 0 Å². The molecule has 0 aliphatic rings. The zero-order chi connectivity index (χ0) is 31.6. The molecule has 0 bridgehead atoms. The van der Waals surface area contributed by atoms with E-state index in [4.69, 9.17) is 15.0 Å². The molecule has 7 aromatic carbocycles. The van der Waals surface area contributed by atoms with Gasteiger partial charge in [-0.3, -0.25) is 0 Å². The molecule has 0 saturated heterocycles. The number of benzene rings is 7. The molecular weight excluding hydrogens is 637 g/mol. The van der Waals surface area contributed by atoms with Crippen molar-refractivity contribution in [1.29, 1.82) is 0 Å². The van der Waals surface area contributed by atoms with Crippen molar-refractivity contribution in [2.24, 2.45) is 0 Å². The molecule has 8 aromatic rings. The summed E-state index contributed by atoms with van der Waals surface area (Å²) in [5.74, 6) is 1.95. The molecule has 0 unspecified atom stereocenters. The Labute approximate surface area is 282 Å². The van der Waals surface area contributed by atoms with Gasteiger partial charge in [0.2, 0.25) is 0 Å². The standard InChI is InChI=1S/C43H29N3Se/c47-40-37(34-22-12-21-32(26-34)29-14-4-1-5-15-29)24-13-25-38(40)35-27-33-20-10-11-23-36(33)39(28-35)43-45-41(30-16-6-2-7-17-30)44-42(46-43)31-18-8-3-9-19-31/h1-28,47H. The second-order valence-corrected chi connectivity index (χ2v) is 12.4. The Bertz CT molecular complexity index is 2300. The van der Waals surface area contributed by atoms with E-state index in [2.05, 4.69) is 125 Å². The van der Waals surface area contributed by atoms with E-state index >= 15 is 0 Å². The van der Waals surface area contributed by atoms with Crippen LogP contribution >= 0.6 is 0 Å². The third-order valence-electron chi connectivity index (χ3n) is 8.43. The van der Waals surface area contributed by atoms with Crippen LogP contribution in [0.5, 0.6) is 0 Å². The molecule has 0 aliphatic carbocycles. The summed E-state index contributed by atoms with van der Waals surface area (Å²) in [5.41, 5.74) is 9.91. The van der Waals surface area contributed by atoms with Crippen molar-refractivity contribution in [1.82, 2.24) is 15.0 Å². The summed E-state index contributed by atoms with van der Waals surface area (Å²) in [6.45, 7) is 0. The van der Waals surface area contributed by atoms with Gasteiger partial charge in [-0.25, -0.2) is 0 Å². The van der Waals surface area contributed by atoms with Crippen molar-refractivity contribution < 1.29 is 0 Å². The topological polar surface area (TPSA) is 38.7 Å². The Balaban J connectivity index is 1.30. The van der Waals surface area contributed by atoms with Gasteiger partial charge in [-0.1, -0.05) is 0 Å². The van der Waals surface area contributed by atoms with Crippen LogP contribution in [0.2, 0.25) is 0 Å². The zero-order valence-corrected chi connectivity index (χ0v) is 27.3. The molecule has 0 N–H and O–H groups in total. The summed E-state index contributed by atoms with van der Waals surface area (Å²) in [6, 6.07) is 59.1. The first-order valence-corrected chi connectivity index (χ1v) is 16.5. The third-order valence-corrected chi connectivity index (χ3v) is 9.44. The predicted molar refractivity (Wildman–Crippen MR) is 197 cm³/mol. The van der Waals surface area contributed by atoms with Gasteiger partial charge in [-0.15, -0.1) is 0 Å². The molecule has 8 rings (SSSR count). The summed E-state index contributed by atoms with van der Waals surface area (Å²) in [7, 11) is 0. The average Bonchev–Trinajstić information content (AvgIpc) is 3.15. The Morgan fingerprint density at radius 3 is 1.47 bits per heavy atom. The number of hydrogen-bond donors (Lipinski definition) is 0. The van der Waals surface area contributed by atoms with Gasteiger partial charge < -0.3 is 0 Å². The fraction of sp³-hybridized carbons (Fsp3) is 0. The first-order valence-electron chi connectivity index (χ1n) is 15.6. The van der Waals surface area contributed by atoms with Crippen molar-refractivity contribution >= 4 is 31.2 Å². The van der Waals surface area contributed by atoms with Crippen molar-refractivity contribution in [3.8, 4) is 67.5 Å². The van der Waals surface area contributed by atoms with Gasteiger partial charge in [0, 0.05) is 0 Å². The van der Waals surface area contributed by atoms with Gasteiger partial charge in [0.25, 0.3) is 0 Å². The maximum atomic E-state index is 5.08.